The molecule has 1 aromatic heterocycles. The molecule has 1 aromatic rings. The smallest absolute Gasteiger partial charge is 0.256 e. The summed E-state index contributed by atoms with van der Waals surface area (Å²) in [5.74, 6) is 0.0961. The second-order valence-corrected chi connectivity index (χ2v) is 3.25. The third-order valence-corrected chi connectivity index (χ3v) is 2.24. The highest BCUT2D eigenvalue weighted by molar-refractivity contribution is 7.71. The quantitative estimate of drug-likeness (QED) is 0.640. The Morgan fingerprint density at radius 1 is 1.80 bits per heavy atom. The van der Waals surface area contributed by atoms with E-state index in [1.807, 2.05) is 0 Å². The number of aromatic nitrogens is 3. The molecular weight excluding hydrogens is 238 g/mol. The van der Waals surface area contributed by atoms with Gasteiger partial charge in [-0.25, -0.2) is 4.98 Å². The third-order valence-electron chi connectivity index (χ3n) is 1.61. The van der Waals surface area contributed by atoms with Crippen LogP contribution in [0, 0.1) is 4.77 Å². The molecule has 0 aliphatic carbocycles. The summed E-state index contributed by atoms with van der Waals surface area (Å²) in [6.07, 6.45) is 1.61. The lowest BCUT2D eigenvalue weighted by Gasteiger charge is -2.14. The van der Waals surface area contributed by atoms with Crippen molar-refractivity contribution in [3.05, 3.63) is 11.1 Å². The highest BCUT2D eigenvalue weighted by atomic mass is 35.5. The van der Waals surface area contributed by atoms with Gasteiger partial charge in [-0.2, -0.15) is 9.66 Å². The molecule has 0 aliphatic rings. The number of amides is 1. The second-order valence-electron chi connectivity index (χ2n) is 2.56. The highest BCUT2D eigenvalue weighted by Crippen LogP contribution is 2.02. The Hall–Kier alpha value is -1.21. The van der Waals surface area contributed by atoms with E-state index in [4.69, 9.17) is 24.0 Å². The molecule has 0 saturated heterocycles. The third kappa shape index (κ3) is 2.63. The van der Waals surface area contributed by atoms with Crippen LogP contribution in [-0.2, 0) is 4.79 Å². The second kappa shape index (κ2) is 5.04. The van der Waals surface area contributed by atoms with Crippen LogP contribution >= 0.6 is 24.0 Å². The van der Waals surface area contributed by atoms with Crippen LogP contribution in [0.3, 0.4) is 0 Å². The predicted molar refractivity (Wildman–Crippen MR) is 59.8 cm³/mol. The first-order chi connectivity index (χ1) is 7.10. The van der Waals surface area contributed by atoms with E-state index in [0.29, 0.717) is 5.95 Å². The molecule has 82 valence electrons. The molecule has 0 spiro atoms. The number of carbonyl (C=O) groups excluding carboxylic acids is 1. The minimum atomic E-state index is -0.284. The molecule has 15 heavy (non-hydrogen) atoms. The van der Waals surface area contributed by atoms with Crippen LogP contribution in [0.4, 0.5) is 5.95 Å². The van der Waals surface area contributed by atoms with E-state index < -0.39 is 0 Å². The SMILES string of the molecule is CCC(=O)N(Cl)n1cnc(NC)nc1=S. The van der Waals surface area contributed by atoms with Gasteiger partial charge in [0.15, 0.2) is 0 Å². The van der Waals surface area contributed by atoms with Crippen LogP contribution in [0.15, 0.2) is 6.33 Å². The molecule has 0 fully saturated rings. The van der Waals surface area contributed by atoms with E-state index in [0.717, 1.165) is 4.53 Å². The van der Waals surface area contributed by atoms with Crippen molar-refractivity contribution in [3.8, 4) is 0 Å². The minimum absolute atomic E-state index is 0.158. The van der Waals surface area contributed by atoms with Crippen molar-refractivity contribution in [2.24, 2.45) is 0 Å². The molecule has 0 bridgehead atoms. The molecule has 0 unspecified atom stereocenters. The Bertz CT molecular complexity index is 420. The van der Waals surface area contributed by atoms with Gasteiger partial charge in [0.2, 0.25) is 10.7 Å². The van der Waals surface area contributed by atoms with E-state index in [-0.39, 0.29) is 17.1 Å². The summed E-state index contributed by atoms with van der Waals surface area (Å²) in [4.78, 5) is 19.1. The summed E-state index contributed by atoms with van der Waals surface area (Å²) in [6, 6.07) is 0. The van der Waals surface area contributed by atoms with Crippen LogP contribution in [0.1, 0.15) is 13.3 Å². The van der Waals surface area contributed by atoms with Crippen LogP contribution < -0.4 is 9.84 Å². The topological polar surface area (TPSA) is 63.1 Å². The van der Waals surface area contributed by atoms with Gasteiger partial charge in [-0.3, -0.25) is 4.79 Å². The lowest BCUT2D eigenvalue weighted by Crippen LogP contribution is -2.32. The van der Waals surface area contributed by atoms with E-state index in [1.54, 1.807) is 14.0 Å². The van der Waals surface area contributed by atoms with E-state index in [9.17, 15) is 4.79 Å². The van der Waals surface area contributed by atoms with Gasteiger partial charge in [-0.1, -0.05) is 6.92 Å². The maximum Gasteiger partial charge on any atom is 0.256 e. The van der Waals surface area contributed by atoms with Crippen LogP contribution in [-0.4, -0.2) is 27.6 Å². The normalized spacial score (nSPS) is 9.80. The number of nitrogens with zero attached hydrogens (tertiary/aromatic N) is 4. The Morgan fingerprint density at radius 3 is 2.93 bits per heavy atom. The first-order valence-corrected chi connectivity index (χ1v) is 4.97. The van der Waals surface area contributed by atoms with Crippen molar-refractivity contribution in [3.63, 3.8) is 0 Å². The van der Waals surface area contributed by atoms with Crippen LogP contribution in [0.25, 0.3) is 0 Å². The summed E-state index contributed by atoms with van der Waals surface area (Å²) >= 11 is 10.7. The molecular formula is C7H10ClN5OS. The van der Waals surface area contributed by atoms with Gasteiger partial charge in [0.25, 0.3) is 5.91 Å². The molecule has 0 aliphatic heterocycles. The van der Waals surface area contributed by atoms with E-state index in [1.165, 1.54) is 11.0 Å². The molecule has 1 N–H and O–H groups in total. The average Bonchev–Trinajstić information content (AvgIpc) is 2.26. The summed E-state index contributed by atoms with van der Waals surface area (Å²) in [5.41, 5.74) is 0. The number of hydrogen-bond donors (Lipinski definition) is 1. The van der Waals surface area contributed by atoms with Crippen molar-refractivity contribution in [2.75, 3.05) is 16.9 Å². The minimum Gasteiger partial charge on any atom is -0.357 e. The number of rotatable bonds is 3. The van der Waals surface area contributed by atoms with Crippen molar-refractivity contribution in [1.82, 2.24) is 14.6 Å². The summed E-state index contributed by atoms with van der Waals surface area (Å²) in [5, 5.41) is 2.73. The lowest BCUT2D eigenvalue weighted by atomic mass is 10.5. The van der Waals surface area contributed by atoms with Gasteiger partial charge in [0.05, 0.1) is 0 Å². The Labute approximate surface area is 97.0 Å². The van der Waals surface area contributed by atoms with E-state index in [2.05, 4.69) is 15.3 Å². The van der Waals surface area contributed by atoms with Gasteiger partial charge in [0.1, 0.15) is 6.33 Å². The Balaban J connectivity index is 3.06. The number of anilines is 1. The zero-order chi connectivity index (χ0) is 11.4. The average molecular weight is 248 g/mol. The molecule has 0 atom stereocenters. The standard InChI is InChI=1S/C7H10ClN5OS/c1-3-5(14)13(8)12-4-10-6(9-2)11-7(12)15/h4H,3H2,1-2H3,(H,9,11,15). The zero-order valence-corrected chi connectivity index (χ0v) is 9.84. The summed E-state index contributed by atoms with van der Waals surface area (Å²) in [7, 11) is 1.67. The van der Waals surface area contributed by atoms with E-state index >= 15 is 0 Å². The molecule has 0 aromatic carbocycles. The molecule has 6 nitrogen and oxygen atoms in total. The monoisotopic (exact) mass is 247 g/mol. The summed E-state index contributed by atoms with van der Waals surface area (Å²) < 4.78 is 2.22. The molecule has 1 rings (SSSR count). The van der Waals surface area contributed by atoms with Gasteiger partial charge >= 0.3 is 0 Å². The van der Waals surface area contributed by atoms with Crippen LogP contribution in [0.5, 0.6) is 0 Å². The van der Waals surface area contributed by atoms with Crippen molar-refractivity contribution in [2.45, 2.75) is 13.3 Å². The number of hydrogen-bond acceptors (Lipinski definition) is 5. The number of halogens is 1. The number of carbonyl (C=O) groups is 1. The van der Waals surface area contributed by atoms with Gasteiger partial charge < -0.3 is 5.32 Å². The fourth-order valence-corrected chi connectivity index (χ4v) is 1.31. The van der Waals surface area contributed by atoms with Gasteiger partial charge in [-0.05, 0) is 12.2 Å². The highest BCUT2D eigenvalue weighted by Gasteiger charge is 2.11. The van der Waals surface area contributed by atoms with Crippen molar-refractivity contribution >= 4 is 35.9 Å². The molecule has 0 radical (unpaired) electrons. The predicted octanol–water partition coefficient (Wildman–Crippen LogP) is 1.08. The molecule has 8 heteroatoms. The maximum absolute atomic E-state index is 11.3. The van der Waals surface area contributed by atoms with Crippen molar-refractivity contribution < 1.29 is 4.79 Å². The number of nitrogens with one attached hydrogen (secondary N) is 1. The molecule has 0 saturated carbocycles. The maximum atomic E-state index is 11.3. The largest absolute Gasteiger partial charge is 0.357 e. The first-order valence-electron chi connectivity index (χ1n) is 4.22. The van der Waals surface area contributed by atoms with Crippen molar-refractivity contribution in [1.29, 1.82) is 0 Å². The molecule has 1 heterocycles. The fourth-order valence-electron chi connectivity index (χ4n) is 0.821. The fraction of sp³-hybridized carbons (Fsp3) is 0.429. The lowest BCUT2D eigenvalue weighted by molar-refractivity contribution is -0.118. The molecule has 1 amide bonds. The zero-order valence-electron chi connectivity index (χ0n) is 8.27. The van der Waals surface area contributed by atoms with Gasteiger partial charge in [0, 0.05) is 25.2 Å². The van der Waals surface area contributed by atoms with Gasteiger partial charge in [-0.15, -0.1) is 4.53 Å². The Kier molecular flexibility index (Phi) is 3.98. The summed E-state index contributed by atoms with van der Waals surface area (Å²) in [6.45, 7) is 1.70. The first kappa shape index (κ1) is 11.9. The van der Waals surface area contributed by atoms with Crippen LogP contribution in [0.2, 0.25) is 0 Å². The Morgan fingerprint density at radius 2 is 2.47 bits per heavy atom.